The largest absolute Gasteiger partial charge is 0.348 e. The first-order valence-corrected chi connectivity index (χ1v) is 11.9. The zero-order valence-corrected chi connectivity index (χ0v) is 18.3. The van der Waals surface area contributed by atoms with E-state index in [4.69, 9.17) is 10.1 Å². The minimum Gasteiger partial charge on any atom is -0.348 e. The van der Waals surface area contributed by atoms with Gasteiger partial charge in [0.15, 0.2) is 5.82 Å². The number of thiophene rings is 1. The lowest BCUT2D eigenvalue weighted by Crippen LogP contribution is -2.45. The number of carbonyl (C=O) groups excluding carboxylic acids is 1. The molecular formula is C22H24N8OS. The smallest absolute Gasteiger partial charge is 0.261 e. The summed E-state index contributed by atoms with van der Waals surface area (Å²) >= 11 is 1.47. The minimum atomic E-state index is 0.0140. The highest BCUT2D eigenvalue weighted by atomic mass is 32.1. The molecule has 2 fully saturated rings. The molecular weight excluding hydrogens is 424 g/mol. The van der Waals surface area contributed by atoms with E-state index in [-0.39, 0.29) is 11.9 Å². The first kappa shape index (κ1) is 19.3. The average molecular weight is 449 g/mol. The Morgan fingerprint density at radius 2 is 2.03 bits per heavy atom. The van der Waals surface area contributed by atoms with Gasteiger partial charge in [-0.05, 0) is 49.3 Å². The molecule has 3 N–H and O–H groups in total. The fourth-order valence-corrected chi connectivity index (χ4v) is 4.78. The van der Waals surface area contributed by atoms with Crippen molar-refractivity contribution in [2.24, 2.45) is 0 Å². The van der Waals surface area contributed by atoms with Crippen LogP contribution in [0.5, 0.6) is 0 Å². The van der Waals surface area contributed by atoms with Crippen LogP contribution in [0.1, 0.15) is 47.0 Å². The van der Waals surface area contributed by atoms with Crippen molar-refractivity contribution in [3.8, 4) is 0 Å². The van der Waals surface area contributed by atoms with E-state index >= 15 is 0 Å². The normalized spacial score (nSPS) is 17.1. The van der Waals surface area contributed by atoms with Gasteiger partial charge in [0.1, 0.15) is 11.3 Å². The molecule has 0 bridgehead atoms. The summed E-state index contributed by atoms with van der Waals surface area (Å²) in [5, 5.41) is 20.7. The quantitative estimate of drug-likeness (QED) is 0.417. The SMILES string of the molecule is O=C(NC1CCN(c2nc(Nc3cc(C4CC4)n[nH]3)c3cccn3n2)CC1)c1cccs1. The predicted molar refractivity (Wildman–Crippen MR) is 124 cm³/mol. The van der Waals surface area contributed by atoms with Crippen molar-refractivity contribution in [1.29, 1.82) is 0 Å². The molecule has 0 atom stereocenters. The number of H-pyrrole nitrogens is 1. The fraction of sp³-hybridized carbons (Fsp3) is 0.364. The number of piperidine rings is 1. The summed E-state index contributed by atoms with van der Waals surface area (Å²) in [4.78, 5) is 20.1. The van der Waals surface area contributed by atoms with Gasteiger partial charge in [-0.25, -0.2) is 4.52 Å². The van der Waals surface area contributed by atoms with Crippen molar-refractivity contribution < 1.29 is 4.79 Å². The van der Waals surface area contributed by atoms with E-state index in [1.54, 1.807) is 0 Å². The van der Waals surface area contributed by atoms with E-state index in [1.807, 2.05) is 40.4 Å². The van der Waals surface area contributed by atoms with Crippen molar-refractivity contribution in [3.05, 3.63) is 52.5 Å². The molecule has 1 aliphatic carbocycles. The molecule has 1 amide bonds. The molecule has 4 aromatic heterocycles. The summed E-state index contributed by atoms with van der Waals surface area (Å²) in [6.45, 7) is 1.58. The molecule has 0 aromatic carbocycles. The maximum Gasteiger partial charge on any atom is 0.261 e. The molecule has 2 aliphatic rings. The van der Waals surface area contributed by atoms with Crippen LogP contribution in [0, 0.1) is 0 Å². The second kappa shape index (κ2) is 7.94. The van der Waals surface area contributed by atoms with Crippen LogP contribution >= 0.6 is 11.3 Å². The van der Waals surface area contributed by atoms with Gasteiger partial charge in [0.25, 0.3) is 5.91 Å². The van der Waals surface area contributed by atoms with E-state index in [9.17, 15) is 4.79 Å². The molecule has 0 unspecified atom stereocenters. The summed E-state index contributed by atoms with van der Waals surface area (Å²) in [7, 11) is 0. The Bertz CT molecular complexity index is 1230. The molecule has 10 heteroatoms. The van der Waals surface area contributed by atoms with Gasteiger partial charge in [0.2, 0.25) is 5.95 Å². The zero-order chi connectivity index (χ0) is 21.5. The Balaban J connectivity index is 1.16. The summed E-state index contributed by atoms with van der Waals surface area (Å²) in [5.41, 5.74) is 2.02. The van der Waals surface area contributed by atoms with Crippen LogP contribution in [0.2, 0.25) is 0 Å². The Morgan fingerprint density at radius 1 is 1.16 bits per heavy atom. The van der Waals surface area contributed by atoms with Crippen molar-refractivity contribution in [2.45, 2.75) is 37.6 Å². The standard InChI is InChI=1S/C22H24N8OS/c31-21(18-4-2-12-32-18)23-15-7-10-29(11-8-15)22-25-20(17-3-1-9-30(17)28-22)24-19-13-16(26-27-19)14-5-6-14/h1-4,9,12-15H,5-8,10-11H2,(H,23,31)(H2,24,25,26,27,28). The number of fused-ring (bicyclic) bond motifs is 1. The number of hydrogen-bond acceptors (Lipinski definition) is 7. The number of aromatic amines is 1. The highest BCUT2D eigenvalue weighted by Crippen LogP contribution is 2.39. The predicted octanol–water partition coefficient (Wildman–Crippen LogP) is 3.53. The number of nitrogens with one attached hydrogen (secondary N) is 3. The minimum absolute atomic E-state index is 0.0140. The average Bonchev–Trinajstić information content (AvgIpc) is 3.22. The van der Waals surface area contributed by atoms with E-state index in [0.29, 0.717) is 11.9 Å². The van der Waals surface area contributed by atoms with Crippen LogP contribution in [-0.2, 0) is 0 Å². The zero-order valence-electron chi connectivity index (χ0n) is 17.5. The second-order valence-corrected chi connectivity index (χ2v) is 9.36. The van der Waals surface area contributed by atoms with Crippen LogP contribution in [0.15, 0.2) is 41.9 Å². The summed E-state index contributed by atoms with van der Waals surface area (Å²) < 4.78 is 1.85. The Kier molecular flexibility index (Phi) is 4.79. The van der Waals surface area contributed by atoms with Gasteiger partial charge in [0.05, 0.1) is 10.6 Å². The van der Waals surface area contributed by atoms with Crippen molar-refractivity contribution in [3.63, 3.8) is 0 Å². The summed E-state index contributed by atoms with van der Waals surface area (Å²) in [6, 6.07) is 9.96. The van der Waals surface area contributed by atoms with Gasteiger partial charge in [-0.2, -0.15) is 10.1 Å². The van der Waals surface area contributed by atoms with Gasteiger partial charge in [-0.3, -0.25) is 9.89 Å². The monoisotopic (exact) mass is 448 g/mol. The molecule has 4 aromatic rings. The molecule has 6 rings (SSSR count). The van der Waals surface area contributed by atoms with Gasteiger partial charge in [0, 0.05) is 37.3 Å². The maximum absolute atomic E-state index is 12.3. The Morgan fingerprint density at radius 3 is 2.81 bits per heavy atom. The number of anilines is 3. The first-order chi connectivity index (χ1) is 15.7. The van der Waals surface area contributed by atoms with Gasteiger partial charge in [-0.1, -0.05) is 6.07 Å². The molecule has 32 heavy (non-hydrogen) atoms. The van der Waals surface area contributed by atoms with Crippen molar-refractivity contribution in [1.82, 2.24) is 30.1 Å². The number of nitrogens with zero attached hydrogens (tertiary/aromatic N) is 5. The molecule has 1 saturated carbocycles. The molecule has 0 radical (unpaired) electrons. The van der Waals surface area contributed by atoms with Crippen molar-refractivity contribution in [2.75, 3.05) is 23.3 Å². The van der Waals surface area contributed by atoms with Gasteiger partial charge < -0.3 is 15.5 Å². The van der Waals surface area contributed by atoms with Crippen LogP contribution in [0.25, 0.3) is 5.52 Å². The number of rotatable bonds is 6. The third-order valence-corrected chi connectivity index (χ3v) is 6.95. The van der Waals surface area contributed by atoms with Crippen LogP contribution in [0.4, 0.5) is 17.6 Å². The topological polar surface area (TPSA) is 103 Å². The summed E-state index contributed by atoms with van der Waals surface area (Å²) in [6.07, 6.45) is 6.09. The third kappa shape index (κ3) is 3.81. The number of carbonyl (C=O) groups is 1. The van der Waals surface area contributed by atoms with Crippen LogP contribution in [0.3, 0.4) is 0 Å². The van der Waals surface area contributed by atoms with Gasteiger partial charge in [-0.15, -0.1) is 16.4 Å². The van der Waals surface area contributed by atoms with E-state index in [2.05, 4.69) is 31.8 Å². The van der Waals surface area contributed by atoms with Crippen molar-refractivity contribution >= 4 is 40.3 Å². The second-order valence-electron chi connectivity index (χ2n) is 8.42. The number of amides is 1. The van der Waals surface area contributed by atoms with Crippen LogP contribution in [-0.4, -0.2) is 49.8 Å². The highest BCUT2D eigenvalue weighted by molar-refractivity contribution is 7.12. The molecule has 5 heterocycles. The Labute approximate surface area is 188 Å². The third-order valence-electron chi connectivity index (χ3n) is 6.08. The molecule has 9 nitrogen and oxygen atoms in total. The highest BCUT2D eigenvalue weighted by Gasteiger charge is 2.27. The van der Waals surface area contributed by atoms with Gasteiger partial charge >= 0.3 is 0 Å². The lowest BCUT2D eigenvalue weighted by molar-refractivity contribution is 0.0935. The number of hydrogen-bond donors (Lipinski definition) is 3. The lowest BCUT2D eigenvalue weighted by Gasteiger charge is -2.32. The van der Waals surface area contributed by atoms with E-state index < -0.39 is 0 Å². The Hall–Kier alpha value is -3.40. The number of aromatic nitrogens is 5. The van der Waals surface area contributed by atoms with E-state index in [1.165, 1.54) is 24.2 Å². The maximum atomic E-state index is 12.3. The fourth-order valence-electron chi connectivity index (χ4n) is 4.15. The molecule has 0 spiro atoms. The van der Waals surface area contributed by atoms with E-state index in [0.717, 1.165) is 53.7 Å². The molecule has 1 aliphatic heterocycles. The van der Waals surface area contributed by atoms with Crippen LogP contribution < -0.4 is 15.5 Å². The molecule has 164 valence electrons. The summed E-state index contributed by atoms with van der Waals surface area (Å²) in [5.74, 6) is 2.88. The lowest BCUT2D eigenvalue weighted by atomic mass is 10.1. The first-order valence-electron chi connectivity index (χ1n) is 11.0. The molecule has 1 saturated heterocycles.